The predicted octanol–water partition coefficient (Wildman–Crippen LogP) is 3.38. The van der Waals surface area contributed by atoms with Crippen LogP contribution in [0, 0.1) is 0 Å². The van der Waals surface area contributed by atoms with E-state index in [4.69, 9.17) is 15.2 Å². The molecule has 146 valence electrons. The molecule has 28 heavy (non-hydrogen) atoms. The summed E-state index contributed by atoms with van der Waals surface area (Å²) in [6, 6.07) is 9.61. The van der Waals surface area contributed by atoms with Crippen molar-refractivity contribution >= 4 is 23.3 Å². The van der Waals surface area contributed by atoms with Crippen LogP contribution in [0.4, 0.5) is 0 Å². The molecular weight excluding hydrogens is 376 g/mol. The number of thiazole rings is 1. The molecule has 2 aliphatic heterocycles. The summed E-state index contributed by atoms with van der Waals surface area (Å²) in [7, 11) is 0. The zero-order chi connectivity index (χ0) is 19.7. The van der Waals surface area contributed by atoms with Crippen LogP contribution in [0.2, 0.25) is 0 Å². The van der Waals surface area contributed by atoms with Crippen LogP contribution in [0.5, 0.6) is 0 Å². The number of hydrogen-bond acceptors (Lipinski definition) is 5. The number of nitrogens with zero attached hydrogens (tertiary/aromatic N) is 2. The summed E-state index contributed by atoms with van der Waals surface area (Å²) >= 11 is 1.98. The molecule has 0 spiro atoms. The maximum Gasteiger partial charge on any atom is 0.328 e. The molecule has 2 atom stereocenters. The summed E-state index contributed by atoms with van der Waals surface area (Å²) in [4.78, 5) is 28.3. The lowest BCUT2D eigenvalue weighted by molar-refractivity contribution is -0.134. The molecule has 2 aromatic rings. The standard InChI is InChI=1S/C17H18N2S.C4H4O4/c1-2-6-14-11(4-1)9-15-16(14)18-17(20-15)12-8-13-5-3-7-19(13)10-12;5-3(6)1-2-4(7)8/h1-2,4,6,12-13H,3,5,7-10H2;1-2H,(H,5,6)(H,7,8)/b;2-1+. The second-order valence-electron chi connectivity index (χ2n) is 7.39. The molecule has 0 radical (unpaired) electrons. The smallest absolute Gasteiger partial charge is 0.328 e. The first-order valence-electron chi connectivity index (χ1n) is 9.47. The minimum Gasteiger partial charge on any atom is -0.478 e. The van der Waals surface area contributed by atoms with E-state index in [1.807, 2.05) is 11.3 Å². The molecule has 3 heterocycles. The molecule has 3 aliphatic rings. The summed E-state index contributed by atoms with van der Waals surface area (Å²) in [5.74, 6) is -1.82. The molecule has 2 saturated heterocycles. The first-order chi connectivity index (χ1) is 13.5. The maximum absolute atomic E-state index is 9.55. The summed E-state index contributed by atoms with van der Waals surface area (Å²) in [5, 5.41) is 17.0. The van der Waals surface area contributed by atoms with Gasteiger partial charge in [0.15, 0.2) is 0 Å². The number of carbonyl (C=O) groups is 2. The van der Waals surface area contributed by atoms with Gasteiger partial charge in [-0.3, -0.25) is 4.90 Å². The van der Waals surface area contributed by atoms with Crippen molar-refractivity contribution in [3.05, 3.63) is 51.9 Å². The molecule has 6 nitrogen and oxygen atoms in total. The molecule has 1 aromatic heterocycles. The van der Waals surface area contributed by atoms with Crippen molar-refractivity contribution in [1.82, 2.24) is 9.88 Å². The van der Waals surface area contributed by atoms with Gasteiger partial charge in [-0.05, 0) is 31.4 Å². The number of carboxylic acid groups (broad SMARTS) is 2. The van der Waals surface area contributed by atoms with E-state index < -0.39 is 11.9 Å². The van der Waals surface area contributed by atoms with E-state index in [0.29, 0.717) is 18.1 Å². The molecule has 1 aromatic carbocycles. The van der Waals surface area contributed by atoms with E-state index in [1.165, 1.54) is 59.1 Å². The van der Waals surface area contributed by atoms with E-state index in [-0.39, 0.29) is 0 Å². The highest BCUT2D eigenvalue weighted by Crippen LogP contribution is 2.44. The van der Waals surface area contributed by atoms with Crippen molar-refractivity contribution in [2.24, 2.45) is 0 Å². The second-order valence-corrected chi connectivity index (χ2v) is 8.51. The molecule has 5 rings (SSSR count). The van der Waals surface area contributed by atoms with E-state index in [9.17, 15) is 9.59 Å². The molecule has 2 N–H and O–H groups in total. The minimum atomic E-state index is -1.26. The third kappa shape index (κ3) is 3.86. The fraction of sp³-hybridized carbons (Fsp3) is 0.381. The number of benzene rings is 1. The highest BCUT2D eigenvalue weighted by atomic mass is 32.1. The van der Waals surface area contributed by atoms with Crippen LogP contribution in [-0.4, -0.2) is 51.2 Å². The lowest BCUT2D eigenvalue weighted by Crippen LogP contribution is -2.22. The Balaban J connectivity index is 0.000000208. The van der Waals surface area contributed by atoms with Gasteiger partial charge in [0.1, 0.15) is 0 Å². The summed E-state index contributed by atoms with van der Waals surface area (Å²) in [5.41, 5.74) is 4.12. The molecule has 2 unspecified atom stereocenters. The largest absolute Gasteiger partial charge is 0.478 e. The quantitative estimate of drug-likeness (QED) is 0.658. The lowest BCUT2D eigenvalue weighted by Gasteiger charge is -2.12. The molecule has 2 fully saturated rings. The van der Waals surface area contributed by atoms with Gasteiger partial charge in [0.25, 0.3) is 0 Å². The number of hydrogen-bond donors (Lipinski definition) is 2. The highest BCUT2D eigenvalue weighted by Gasteiger charge is 2.38. The summed E-state index contributed by atoms with van der Waals surface area (Å²) < 4.78 is 0. The van der Waals surface area contributed by atoms with E-state index in [0.717, 1.165) is 12.5 Å². The van der Waals surface area contributed by atoms with Gasteiger partial charge in [-0.2, -0.15) is 0 Å². The van der Waals surface area contributed by atoms with Gasteiger partial charge in [0, 0.05) is 47.5 Å². The number of aliphatic carboxylic acids is 2. The van der Waals surface area contributed by atoms with Crippen molar-refractivity contribution in [2.75, 3.05) is 13.1 Å². The first-order valence-corrected chi connectivity index (χ1v) is 10.3. The van der Waals surface area contributed by atoms with Crippen LogP contribution in [0.3, 0.4) is 0 Å². The van der Waals surface area contributed by atoms with Crippen molar-refractivity contribution in [1.29, 1.82) is 0 Å². The van der Waals surface area contributed by atoms with Crippen molar-refractivity contribution in [3.63, 3.8) is 0 Å². The van der Waals surface area contributed by atoms with Gasteiger partial charge < -0.3 is 10.2 Å². The number of fused-ring (bicyclic) bond motifs is 4. The Kier molecular flexibility index (Phi) is 5.28. The Hall–Kier alpha value is -2.51. The zero-order valence-corrected chi connectivity index (χ0v) is 16.2. The fourth-order valence-electron chi connectivity index (χ4n) is 4.36. The van der Waals surface area contributed by atoms with E-state index in [1.54, 1.807) is 0 Å². The molecule has 7 heteroatoms. The maximum atomic E-state index is 9.55. The van der Waals surface area contributed by atoms with Crippen LogP contribution < -0.4 is 0 Å². The normalized spacial score (nSPS) is 22.4. The average molecular weight is 398 g/mol. The number of aromatic nitrogens is 1. The Morgan fingerprint density at radius 2 is 1.93 bits per heavy atom. The second kappa shape index (κ2) is 7.85. The first kappa shape index (κ1) is 18.8. The van der Waals surface area contributed by atoms with Gasteiger partial charge in [-0.1, -0.05) is 24.3 Å². The third-order valence-electron chi connectivity index (χ3n) is 5.57. The van der Waals surface area contributed by atoms with Crippen molar-refractivity contribution in [3.8, 4) is 11.3 Å². The van der Waals surface area contributed by atoms with Crippen LogP contribution in [0.25, 0.3) is 11.3 Å². The molecule has 0 bridgehead atoms. The number of rotatable bonds is 3. The van der Waals surface area contributed by atoms with Crippen LogP contribution >= 0.6 is 11.3 Å². The Morgan fingerprint density at radius 3 is 2.64 bits per heavy atom. The van der Waals surface area contributed by atoms with E-state index >= 15 is 0 Å². The van der Waals surface area contributed by atoms with Gasteiger partial charge in [0.05, 0.1) is 10.7 Å². The van der Waals surface area contributed by atoms with Gasteiger partial charge in [0.2, 0.25) is 0 Å². The predicted molar refractivity (Wildman–Crippen MR) is 107 cm³/mol. The van der Waals surface area contributed by atoms with Crippen LogP contribution in [0.15, 0.2) is 36.4 Å². The molecule has 1 aliphatic carbocycles. The van der Waals surface area contributed by atoms with Gasteiger partial charge >= 0.3 is 11.9 Å². The van der Waals surface area contributed by atoms with Crippen LogP contribution in [0.1, 0.15) is 40.6 Å². The average Bonchev–Trinajstić information content (AvgIpc) is 3.38. The fourth-order valence-corrected chi connectivity index (χ4v) is 5.57. The van der Waals surface area contributed by atoms with Gasteiger partial charge in [-0.15, -0.1) is 11.3 Å². The van der Waals surface area contributed by atoms with Gasteiger partial charge in [-0.25, -0.2) is 14.6 Å². The van der Waals surface area contributed by atoms with Crippen LogP contribution in [-0.2, 0) is 16.0 Å². The summed E-state index contributed by atoms with van der Waals surface area (Å²) in [6.07, 6.45) is 6.37. The van der Waals surface area contributed by atoms with Crippen molar-refractivity contribution in [2.45, 2.75) is 37.6 Å². The highest BCUT2D eigenvalue weighted by molar-refractivity contribution is 7.12. The minimum absolute atomic E-state index is 0.558. The SMILES string of the molecule is O=C(O)/C=C/C(=O)O.c1ccc2c(c1)Cc1sc(C3CC4CCCN4C3)nc1-2. The molecule has 0 amide bonds. The summed E-state index contributed by atoms with van der Waals surface area (Å²) in [6.45, 7) is 2.56. The molecular formula is C21H22N2O4S. The monoisotopic (exact) mass is 398 g/mol. The Bertz CT molecular complexity index is 908. The number of carboxylic acids is 2. The topological polar surface area (TPSA) is 90.7 Å². The zero-order valence-electron chi connectivity index (χ0n) is 15.4. The Morgan fingerprint density at radius 1 is 1.18 bits per heavy atom. The third-order valence-corrected chi connectivity index (χ3v) is 6.78. The van der Waals surface area contributed by atoms with E-state index in [2.05, 4.69) is 29.2 Å². The molecule has 0 saturated carbocycles. The Labute approximate surface area is 167 Å². The lowest BCUT2D eigenvalue weighted by atomic mass is 10.0. The van der Waals surface area contributed by atoms with Crippen molar-refractivity contribution < 1.29 is 19.8 Å².